The van der Waals surface area contributed by atoms with Crippen LogP contribution in [0, 0.1) is 6.92 Å². The summed E-state index contributed by atoms with van der Waals surface area (Å²) >= 11 is 0. The van der Waals surface area contributed by atoms with Gasteiger partial charge in [0, 0.05) is 11.9 Å². The molecule has 8 heteroatoms. The van der Waals surface area contributed by atoms with Gasteiger partial charge in [-0.2, -0.15) is 0 Å². The van der Waals surface area contributed by atoms with E-state index in [0.717, 1.165) is 0 Å². The number of benzene rings is 1. The van der Waals surface area contributed by atoms with Crippen LogP contribution in [0.5, 0.6) is 0 Å². The van der Waals surface area contributed by atoms with E-state index in [2.05, 4.69) is 14.7 Å². The third kappa shape index (κ3) is 4.17. The number of rotatable bonds is 3. The molecule has 0 radical (unpaired) electrons. The fourth-order valence-electron chi connectivity index (χ4n) is 1.31. The summed E-state index contributed by atoms with van der Waals surface area (Å²) in [4.78, 5) is 7.87. The van der Waals surface area contributed by atoms with Gasteiger partial charge in [0.05, 0.1) is 4.90 Å². The van der Waals surface area contributed by atoms with Crippen LogP contribution in [0.1, 0.15) is 5.69 Å². The van der Waals surface area contributed by atoms with Gasteiger partial charge >= 0.3 is 29.6 Å². The number of anilines is 1. The predicted octanol–water partition coefficient (Wildman–Crippen LogP) is -0.726. The summed E-state index contributed by atoms with van der Waals surface area (Å²) in [7, 11) is -3.71. The average Bonchev–Trinajstić information content (AvgIpc) is 2.29. The van der Waals surface area contributed by atoms with Gasteiger partial charge in [0.1, 0.15) is 0 Å². The Kier molecular flexibility index (Phi) is 5.30. The van der Waals surface area contributed by atoms with Crippen LogP contribution < -0.4 is 34.3 Å². The van der Waals surface area contributed by atoms with Gasteiger partial charge in [0.25, 0.3) is 10.0 Å². The van der Waals surface area contributed by atoms with Crippen LogP contribution in [-0.2, 0) is 10.0 Å². The molecule has 0 aliphatic heterocycles. The fourth-order valence-corrected chi connectivity index (χ4v) is 2.26. The van der Waals surface area contributed by atoms with E-state index in [-0.39, 0.29) is 46.1 Å². The van der Waals surface area contributed by atoms with E-state index in [9.17, 15) is 8.42 Å². The number of nitrogens with one attached hydrogen (secondary N) is 2. The normalized spacial score (nSPS) is 10.6. The molecule has 1 aromatic heterocycles. The van der Waals surface area contributed by atoms with Crippen molar-refractivity contribution in [3.05, 3.63) is 48.0 Å². The zero-order chi connectivity index (χ0) is 13.2. The molecule has 94 valence electrons. The van der Waals surface area contributed by atoms with Gasteiger partial charge in [0.2, 0.25) is 5.95 Å². The molecule has 2 rings (SSSR count). The standard InChI is InChI=1S/C11H11N4O2S.Na/c1-8-6-7-13-11(14-8)15-18(16,17)10-4-2-9(12)3-5-10;/h2-7,12H,1H3,(H,13,14,15);/q-1;+1. The van der Waals surface area contributed by atoms with Crippen molar-refractivity contribution in [1.29, 1.82) is 0 Å². The van der Waals surface area contributed by atoms with Crippen molar-refractivity contribution in [3.63, 3.8) is 0 Å². The molecule has 0 spiro atoms. The first-order valence-corrected chi connectivity index (χ1v) is 6.60. The molecule has 0 amide bonds. The van der Waals surface area contributed by atoms with Crippen molar-refractivity contribution in [2.45, 2.75) is 11.8 Å². The second-order valence-electron chi connectivity index (χ2n) is 3.65. The number of sulfonamides is 1. The van der Waals surface area contributed by atoms with E-state index in [1.54, 1.807) is 13.0 Å². The van der Waals surface area contributed by atoms with Gasteiger partial charge in [0.15, 0.2) is 0 Å². The van der Waals surface area contributed by atoms with Crippen LogP contribution >= 0.6 is 0 Å². The summed E-state index contributed by atoms with van der Waals surface area (Å²) in [5.74, 6) is 0.0324. The second kappa shape index (κ2) is 6.33. The van der Waals surface area contributed by atoms with Gasteiger partial charge < -0.3 is 5.73 Å². The van der Waals surface area contributed by atoms with Crippen LogP contribution in [0.4, 0.5) is 11.6 Å². The average molecular weight is 286 g/mol. The first kappa shape index (κ1) is 15.9. The maximum Gasteiger partial charge on any atom is 1.00 e. The minimum absolute atomic E-state index is 0. The Morgan fingerprint density at radius 1 is 1.16 bits per heavy atom. The van der Waals surface area contributed by atoms with Crippen molar-refractivity contribution in [2.24, 2.45) is 0 Å². The molecule has 0 unspecified atom stereocenters. The third-order valence-corrected chi connectivity index (χ3v) is 3.53. The molecular weight excluding hydrogens is 275 g/mol. The fraction of sp³-hybridized carbons (Fsp3) is 0.0909. The molecule has 19 heavy (non-hydrogen) atoms. The Morgan fingerprint density at radius 3 is 2.37 bits per heavy atom. The van der Waals surface area contributed by atoms with E-state index < -0.39 is 10.0 Å². The van der Waals surface area contributed by atoms with Crippen molar-refractivity contribution in [2.75, 3.05) is 4.72 Å². The van der Waals surface area contributed by atoms with Gasteiger partial charge in [-0.3, -0.25) is 0 Å². The van der Waals surface area contributed by atoms with E-state index in [1.807, 2.05) is 0 Å². The summed E-state index contributed by atoms with van der Waals surface area (Å²) in [6.45, 7) is 1.74. The van der Waals surface area contributed by atoms with Gasteiger partial charge in [-0.05, 0) is 25.1 Å². The minimum Gasteiger partial charge on any atom is -0.699 e. The molecular formula is C11H11N4NaO2S. The number of hydrogen-bond donors (Lipinski definition) is 1. The molecule has 0 aliphatic carbocycles. The quantitative estimate of drug-likeness (QED) is 0.753. The molecule has 0 atom stereocenters. The first-order valence-electron chi connectivity index (χ1n) is 5.11. The van der Waals surface area contributed by atoms with Crippen molar-refractivity contribution >= 4 is 21.7 Å². The van der Waals surface area contributed by atoms with Crippen LogP contribution in [0.3, 0.4) is 0 Å². The summed E-state index contributed by atoms with van der Waals surface area (Å²) in [6.07, 6.45) is 1.48. The Morgan fingerprint density at radius 2 is 1.79 bits per heavy atom. The predicted molar refractivity (Wildman–Crippen MR) is 68.0 cm³/mol. The molecule has 0 aliphatic rings. The number of aryl methyl sites for hydroxylation is 1. The van der Waals surface area contributed by atoms with Crippen LogP contribution in [0.25, 0.3) is 5.73 Å². The molecule has 0 saturated carbocycles. The molecule has 2 aromatic rings. The minimum atomic E-state index is -3.71. The zero-order valence-electron chi connectivity index (χ0n) is 10.6. The maximum absolute atomic E-state index is 12.0. The van der Waals surface area contributed by atoms with Crippen LogP contribution in [0.2, 0.25) is 0 Å². The van der Waals surface area contributed by atoms with Crippen molar-refractivity contribution in [3.8, 4) is 0 Å². The van der Waals surface area contributed by atoms with Crippen LogP contribution in [0.15, 0.2) is 41.4 Å². The third-order valence-electron chi connectivity index (χ3n) is 2.19. The Balaban J connectivity index is 0.00000180. The summed E-state index contributed by atoms with van der Waals surface area (Å²) < 4.78 is 26.2. The first-order chi connectivity index (χ1) is 8.47. The SMILES string of the molecule is Cc1ccnc(NS(=O)(=O)c2ccc([NH-])cc2)n1.[Na+]. The zero-order valence-corrected chi connectivity index (χ0v) is 13.4. The topological polar surface area (TPSA) is 95.8 Å². The van der Waals surface area contributed by atoms with E-state index >= 15 is 0 Å². The largest absolute Gasteiger partial charge is 1.00 e. The molecule has 0 fully saturated rings. The van der Waals surface area contributed by atoms with E-state index in [0.29, 0.717) is 5.69 Å². The summed E-state index contributed by atoms with van der Waals surface area (Å²) in [6, 6.07) is 7.21. The number of hydrogen-bond acceptors (Lipinski definition) is 4. The van der Waals surface area contributed by atoms with Crippen molar-refractivity contribution in [1.82, 2.24) is 9.97 Å². The van der Waals surface area contributed by atoms with Gasteiger partial charge in [-0.25, -0.2) is 23.1 Å². The Bertz CT molecular complexity index is 659. The van der Waals surface area contributed by atoms with E-state index in [4.69, 9.17) is 5.73 Å². The monoisotopic (exact) mass is 286 g/mol. The smallest absolute Gasteiger partial charge is 0.699 e. The molecule has 6 nitrogen and oxygen atoms in total. The van der Waals surface area contributed by atoms with Crippen LogP contribution in [-0.4, -0.2) is 18.4 Å². The number of nitrogens with zero attached hydrogens (tertiary/aromatic N) is 2. The summed E-state index contributed by atoms with van der Waals surface area (Å²) in [5, 5.41) is 0. The second-order valence-corrected chi connectivity index (χ2v) is 5.33. The van der Waals surface area contributed by atoms with Gasteiger partial charge in [-0.15, -0.1) is 5.69 Å². The molecule has 2 N–H and O–H groups in total. The van der Waals surface area contributed by atoms with Gasteiger partial charge in [-0.1, -0.05) is 12.1 Å². The summed E-state index contributed by atoms with van der Waals surface area (Å²) in [5.41, 5.74) is 8.23. The molecule has 0 bridgehead atoms. The molecule has 0 saturated heterocycles. The maximum atomic E-state index is 12.0. The Labute approximate surface area is 133 Å². The number of aromatic nitrogens is 2. The Hall–Kier alpha value is -1.15. The van der Waals surface area contributed by atoms with E-state index in [1.165, 1.54) is 30.5 Å². The molecule has 1 aromatic carbocycles. The molecule has 1 heterocycles. The van der Waals surface area contributed by atoms with Crippen molar-refractivity contribution < 1.29 is 38.0 Å².